The lowest BCUT2D eigenvalue weighted by Crippen LogP contribution is -2.43. The summed E-state index contributed by atoms with van der Waals surface area (Å²) in [5.41, 5.74) is 5.12. The normalized spacial score (nSPS) is 28.1. The molecule has 218 valence electrons. The number of phenolic OH excluding ortho intramolecular Hbond substituents is 1. The monoisotopic (exact) mass is 574 g/mol. The van der Waals surface area contributed by atoms with Crippen LogP contribution < -0.4 is 9.80 Å². The molecular weight excluding hydrogens is 540 g/mol. The number of hydrogen-bond acceptors (Lipinski definition) is 5. The van der Waals surface area contributed by atoms with Gasteiger partial charge < -0.3 is 5.11 Å². The highest BCUT2D eigenvalue weighted by atomic mass is 16.3. The van der Waals surface area contributed by atoms with E-state index in [2.05, 4.69) is 13.8 Å². The average molecular weight is 575 g/mol. The van der Waals surface area contributed by atoms with E-state index >= 15 is 0 Å². The number of aromatic hydroxyl groups is 1. The number of rotatable bonds is 5. The molecule has 43 heavy (non-hydrogen) atoms. The zero-order valence-electron chi connectivity index (χ0n) is 24.3. The van der Waals surface area contributed by atoms with Crippen molar-refractivity contribution >= 4 is 35.0 Å². The largest absolute Gasteiger partial charge is 0.508 e. The Morgan fingerprint density at radius 1 is 0.628 bits per heavy atom. The maximum atomic E-state index is 14.2. The summed E-state index contributed by atoms with van der Waals surface area (Å²) in [5.74, 6) is -3.99. The molecule has 0 bridgehead atoms. The van der Waals surface area contributed by atoms with Crippen LogP contribution in [-0.4, -0.2) is 28.7 Å². The minimum Gasteiger partial charge on any atom is -0.508 e. The third-order valence-electron chi connectivity index (χ3n) is 10.1. The van der Waals surface area contributed by atoms with Crippen LogP contribution in [0.1, 0.15) is 49.3 Å². The number of fused-ring (bicyclic) bond motifs is 4. The van der Waals surface area contributed by atoms with Crippen LogP contribution in [0.5, 0.6) is 5.75 Å². The molecule has 2 heterocycles. The number of aryl methyl sites for hydroxylation is 2. The second kappa shape index (κ2) is 10.3. The van der Waals surface area contributed by atoms with E-state index in [0.29, 0.717) is 24.2 Å². The number of carbonyl (C=O) groups excluding carboxylic acids is 4. The third-order valence-corrected chi connectivity index (χ3v) is 10.1. The molecule has 2 saturated heterocycles. The van der Waals surface area contributed by atoms with Gasteiger partial charge in [-0.1, -0.05) is 61.9 Å². The van der Waals surface area contributed by atoms with Gasteiger partial charge in [0.15, 0.2) is 0 Å². The van der Waals surface area contributed by atoms with Gasteiger partial charge in [-0.25, -0.2) is 0 Å². The van der Waals surface area contributed by atoms with Crippen LogP contribution in [0, 0.1) is 29.6 Å². The van der Waals surface area contributed by atoms with Crippen molar-refractivity contribution in [2.75, 3.05) is 9.80 Å². The summed E-state index contributed by atoms with van der Waals surface area (Å²) < 4.78 is 0. The molecule has 3 aromatic rings. The molecule has 4 aliphatic rings. The summed E-state index contributed by atoms with van der Waals surface area (Å²) in [6, 6.07) is 21.8. The van der Waals surface area contributed by atoms with Gasteiger partial charge in [0.2, 0.25) is 23.6 Å². The number of allylic oxidation sites excluding steroid dienone is 2. The Balaban J connectivity index is 1.30. The number of hydrogen-bond donors (Lipinski definition) is 1. The molecule has 2 aliphatic heterocycles. The van der Waals surface area contributed by atoms with Crippen LogP contribution in [0.25, 0.3) is 0 Å². The van der Waals surface area contributed by atoms with E-state index in [1.165, 1.54) is 9.80 Å². The van der Waals surface area contributed by atoms with Gasteiger partial charge in [-0.05, 0) is 84.7 Å². The molecule has 0 unspecified atom stereocenters. The molecule has 3 fully saturated rings. The summed E-state index contributed by atoms with van der Waals surface area (Å²) in [7, 11) is 0. The number of carbonyl (C=O) groups is 4. The average Bonchev–Trinajstić information content (AvgIpc) is 3.44. The molecule has 1 N–H and O–H groups in total. The summed E-state index contributed by atoms with van der Waals surface area (Å²) in [4.78, 5) is 58.7. The van der Waals surface area contributed by atoms with Crippen LogP contribution >= 0.6 is 0 Å². The second-order valence-electron chi connectivity index (χ2n) is 12.2. The van der Waals surface area contributed by atoms with E-state index in [0.717, 1.165) is 35.1 Å². The number of imide groups is 2. The minimum atomic E-state index is -0.633. The van der Waals surface area contributed by atoms with Gasteiger partial charge in [-0.3, -0.25) is 29.0 Å². The Kier molecular flexibility index (Phi) is 6.56. The van der Waals surface area contributed by atoms with Crippen LogP contribution in [0.15, 0.2) is 84.4 Å². The topological polar surface area (TPSA) is 95.0 Å². The van der Waals surface area contributed by atoms with Crippen molar-refractivity contribution < 1.29 is 24.3 Å². The first-order chi connectivity index (χ1) is 20.8. The van der Waals surface area contributed by atoms with Gasteiger partial charge in [0.25, 0.3) is 0 Å². The van der Waals surface area contributed by atoms with Gasteiger partial charge in [0.05, 0.1) is 35.0 Å². The quantitative estimate of drug-likeness (QED) is 0.318. The molecule has 0 radical (unpaired) electrons. The Morgan fingerprint density at radius 2 is 1.14 bits per heavy atom. The fourth-order valence-corrected chi connectivity index (χ4v) is 7.92. The number of phenols is 1. The summed E-state index contributed by atoms with van der Waals surface area (Å²) in [6.07, 6.45) is 4.49. The first-order valence-electron chi connectivity index (χ1n) is 15.2. The predicted octanol–water partition coefficient (Wildman–Crippen LogP) is 5.56. The molecule has 4 amide bonds. The van der Waals surface area contributed by atoms with Gasteiger partial charge in [0, 0.05) is 5.92 Å². The van der Waals surface area contributed by atoms with E-state index in [1.54, 1.807) is 24.3 Å². The van der Waals surface area contributed by atoms with Gasteiger partial charge >= 0.3 is 0 Å². The summed E-state index contributed by atoms with van der Waals surface area (Å²) >= 11 is 0. The molecule has 6 atom stereocenters. The standard InChI is InChI=1S/C36H34N2O5/c1-3-20-5-11-23(12-6-20)37-33(40)27-18-17-26-28(31(27)35(37)42)19-29-32(30(26)22-9-15-25(39)16-10-22)36(43)38(34(29)41)24-13-7-21(4-2)8-14-24/h5-17,27-32,39H,3-4,18-19H2,1-2H3/t27-,28+,29+,30-,31-,32+/m0/s1. The van der Waals surface area contributed by atoms with E-state index in [9.17, 15) is 24.3 Å². The first kappa shape index (κ1) is 27.3. The van der Waals surface area contributed by atoms with Crippen LogP contribution in [-0.2, 0) is 32.0 Å². The zero-order chi connectivity index (χ0) is 30.0. The number of amides is 4. The lowest BCUT2D eigenvalue weighted by molar-refractivity contribution is -0.126. The maximum Gasteiger partial charge on any atom is 0.238 e. The number of anilines is 2. The highest BCUT2D eigenvalue weighted by molar-refractivity contribution is 6.24. The first-order valence-corrected chi connectivity index (χ1v) is 15.2. The Morgan fingerprint density at radius 3 is 1.67 bits per heavy atom. The van der Waals surface area contributed by atoms with Crippen molar-refractivity contribution in [1.82, 2.24) is 0 Å². The fraction of sp³-hybridized carbons (Fsp3) is 0.333. The predicted molar refractivity (Wildman–Crippen MR) is 162 cm³/mol. The van der Waals surface area contributed by atoms with Crippen molar-refractivity contribution in [3.8, 4) is 5.75 Å². The van der Waals surface area contributed by atoms with Crippen molar-refractivity contribution in [2.45, 2.75) is 45.4 Å². The van der Waals surface area contributed by atoms with E-state index in [4.69, 9.17) is 0 Å². The third kappa shape index (κ3) is 4.16. The molecule has 2 aliphatic carbocycles. The smallest absolute Gasteiger partial charge is 0.238 e. The Bertz CT molecular complexity index is 1660. The molecule has 7 heteroatoms. The SMILES string of the molecule is CCc1ccc(N2C(=O)[C@H]3[C@H](CC=C4[C@H]3C[C@H]3C(=O)N(c5ccc(CC)cc5)C(=O)[C@H]3[C@H]4c3ccc(O)cc3)C2=O)cc1. The molecule has 1 saturated carbocycles. The highest BCUT2D eigenvalue weighted by Crippen LogP contribution is 2.58. The van der Waals surface area contributed by atoms with Crippen LogP contribution in [0.4, 0.5) is 11.4 Å². The Labute approximate surface area is 250 Å². The lowest BCUT2D eigenvalue weighted by Gasteiger charge is -2.44. The van der Waals surface area contributed by atoms with Gasteiger partial charge in [-0.15, -0.1) is 0 Å². The molecule has 0 spiro atoms. The van der Waals surface area contributed by atoms with Crippen molar-refractivity contribution in [3.63, 3.8) is 0 Å². The van der Waals surface area contributed by atoms with Gasteiger partial charge in [0.1, 0.15) is 5.75 Å². The fourth-order valence-electron chi connectivity index (χ4n) is 7.92. The molecule has 0 aromatic heterocycles. The zero-order valence-corrected chi connectivity index (χ0v) is 24.3. The maximum absolute atomic E-state index is 14.2. The lowest BCUT2D eigenvalue weighted by atomic mass is 9.57. The number of nitrogens with zero attached hydrogens (tertiary/aromatic N) is 2. The van der Waals surface area contributed by atoms with E-state index in [1.807, 2.05) is 54.6 Å². The van der Waals surface area contributed by atoms with Crippen molar-refractivity contribution in [2.24, 2.45) is 29.6 Å². The van der Waals surface area contributed by atoms with Crippen molar-refractivity contribution in [1.29, 1.82) is 0 Å². The van der Waals surface area contributed by atoms with Crippen LogP contribution in [0.2, 0.25) is 0 Å². The highest BCUT2D eigenvalue weighted by Gasteiger charge is 2.62. The summed E-state index contributed by atoms with van der Waals surface area (Å²) in [5, 5.41) is 10.0. The van der Waals surface area contributed by atoms with E-state index in [-0.39, 0.29) is 35.3 Å². The molecule has 7 rings (SSSR count). The van der Waals surface area contributed by atoms with Crippen molar-refractivity contribution in [3.05, 3.63) is 101 Å². The number of benzene rings is 3. The minimum absolute atomic E-state index is 0.109. The van der Waals surface area contributed by atoms with Gasteiger partial charge in [-0.2, -0.15) is 0 Å². The Hall–Kier alpha value is -4.52. The van der Waals surface area contributed by atoms with Crippen LogP contribution in [0.3, 0.4) is 0 Å². The molecule has 3 aromatic carbocycles. The summed E-state index contributed by atoms with van der Waals surface area (Å²) in [6.45, 7) is 4.11. The molecule has 7 nitrogen and oxygen atoms in total. The second-order valence-corrected chi connectivity index (χ2v) is 12.2. The molecular formula is C36H34N2O5. The van der Waals surface area contributed by atoms with E-state index < -0.39 is 29.6 Å².